The molecule has 0 bridgehead atoms. The zero-order valence-corrected chi connectivity index (χ0v) is 11.7. The van der Waals surface area contributed by atoms with Crippen molar-refractivity contribution in [2.75, 3.05) is 43.7 Å². The van der Waals surface area contributed by atoms with Gasteiger partial charge < -0.3 is 16.0 Å². The van der Waals surface area contributed by atoms with Crippen molar-refractivity contribution in [2.24, 2.45) is 5.92 Å². The molecule has 1 fully saturated rings. The number of hydrogen-bond donors (Lipinski definition) is 3. The highest BCUT2D eigenvalue weighted by Crippen LogP contribution is 2.09. The summed E-state index contributed by atoms with van der Waals surface area (Å²) in [5, 5.41) is 10.4. The van der Waals surface area contributed by atoms with Crippen LogP contribution in [0.5, 0.6) is 0 Å². The third-order valence-corrected chi connectivity index (χ3v) is 3.41. The maximum Gasteiger partial charge on any atom is 0.0121 e. The van der Waals surface area contributed by atoms with E-state index in [2.05, 4.69) is 38.5 Å². The standard InChI is InChI=1S/C11H24IN3/c12-4-9-13-5-1-6-15-10-11-2-7-14-8-3-11/h11,13-15H,1-10H2. The first-order chi connectivity index (χ1) is 7.43. The quantitative estimate of drug-likeness (QED) is 0.354. The molecule has 0 aromatic heterocycles. The van der Waals surface area contributed by atoms with Crippen LogP contribution in [0.25, 0.3) is 0 Å². The zero-order valence-electron chi connectivity index (χ0n) is 9.53. The van der Waals surface area contributed by atoms with Crippen LogP contribution in [-0.2, 0) is 0 Å². The Kier molecular flexibility index (Phi) is 8.94. The average Bonchev–Trinajstić information content (AvgIpc) is 2.29. The fraction of sp³-hybridized carbons (Fsp3) is 1.00. The second-order valence-electron chi connectivity index (χ2n) is 4.19. The highest BCUT2D eigenvalue weighted by atomic mass is 127. The largest absolute Gasteiger partial charge is 0.317 e. The van der Waals surface area contributed by atoms with E-state index in [0.717, 1.165) is 25.6 Å². The Labute approximate surface area is 107 Å². The van der Waals surface area contributed by atoms with E-state index in [0.29, 0.717) is 0 Å². The van der Waals surface area contributed by atoms with E-state index in [1.807, 2.05) is 0 Å². The molecule has 1 heterocycles. The topological polar surface area (TPSA) is 36.1 Å². The molecular weight excluding hydrogens is 301 g/mol. The minimum atomic E-state index is 0.911. The van der Waals surface area contributed by atoms with Gasteiger partial charge in [-0.05, 0) is 57.9 Å². The van der Waals surface area contributed by atoms with E-state index in [-0.39, 0.29) is 0 Å². The van der Waals surface area contributed by atoms with Crippen LogP contribution >= 0.6 is 22.6 Å². The van der Waals surface area contributed by atoms with E-state index < -0.39 is 0 Å². The first-order valence-electron chi connectivity index (χ1n) is 6.11. The summed E-state index contributed by atoms with van der Waals surface area (Å²) in [6.45, 7) is 7.11. The number of hydrogen-bond acceptors (Lipinski definition) is 3. The van der Waals surface area contributed by atoms with Crippen molar-refractivity contribution >= 4 is 22.6 Å². The second-order valence-corrected chi connectivity index (χ2v) is 5.27. The van der Waals surface area contributed by atoms with Crippen molar-refractivity contribution in [1.82, 2.24) is 16.0 Å². The summed E-state index contributed by atoms with van der Waals surface area (Å²) >= 11 is 2.40. The van der Waals surface area contributed by atoms with Crippen LogP contribution in [0.2, 0.25) is 0 Å². The van der Waals surface area contributed by atoms with Gasteiger partial charge in [0.25, 0.3) is 0 Å². The average molecular weight is 325 g/mol. The van der Waals surface area contributed by atoms with Crippen LogP contribution in [0.3, 0.4) is 0 Å². The molecule has 0 unspecified atom stereocenters. The number of piperidine rings is 1. The first kappa shape index (κ1) is 13.7. The monoisotopic (exact) mass is 325 g/mol. The molecule has 1 aliphatic heterocycles. The Hall–Kier alpha value is 0.610. The Morgan fingerprint density at radius 3 is 2.53 bits per heavy atom. The van der Waals surface area contributed by atoms with Gasteiger partial charge in [0.15, 0.2) is 0 Å². The smallest absolute Gasteiger partial charge is 0.0121 e. The van der Waals surface area contributed by atoms with Crippen molar-refractivity contribution in [2.45, 2.75) is 19.3 Å². The van der Waals surface area contributed by atoms with E-state index in [9.17, 15) is 0 Å². The Bertz CT molecular complexity index is 138. The summed E-state index contributed by atoms with van der Waals surface area (Å²) in [7, 11) is 0. The Balaban J connectivity index is 1.79. The van der Waals surface area contributed by atoms with Crippen molar-refractivity contribution in [3.05, 3.63) is 0 Å². The van der Waals surface area contributed by atoms with Gasteiger partial charge >= 0.3 is 0 Å². The summed E-state index contributed by atoms with van der Waals surface area (Å²) < 4.78 is 1.21. The Morgan fingerprint density at radius 1 is 1.07 bits per heavy atom. The van der Waals surface area contributed by atoms with Gasteiger partial charge in [0.05, 0.1) is 0 Å². The maximum atomic E-state index is 3.56. The number of nitrogens with one attached hydrogen (secondary N) is 3. The lowest BCUT2D eigenvalue weighted by molar-refractivity contribution is 0.356. The lowest BCUT2D eigenvalue weighted by Crippen LogP contribution is -2.34. The highest BCUT2D eigenvalue weighted by Gasteiger charge is 2.11. The lowest BCUT2D eigenvalue weighted by Gasteiger charge is -2.22. The maximum absolute atomic E-state index is 3.56. The minimum absolute atomic E-state index is 0.911. The molecule has 1 saturated heterocycles. The van der Waals surface area contributed by atoms with Crippen molar-refractivity contribution in [3.8, 4) is 0 Å². The summed E-state index contributed by atoms with van der Waals surface area (Å²) in [4.78, 5) is 0. The molecule has 15 heavy (non-hydrogen) atoms. The molecule has 0 amide bonds. The number of rotatable bonds is 8. The normalized spacial score (nSPS) is 18.2. The van der Waals surface area contributed by atoms with Crippen LogP contribution in [0.1, 0.15) is 19.3 Å². The summed E-state index contributed by atoms with van der Waals surface area (Å²) in [6.07, 6.45) is 3.95. The third-order valence-electron chi connectivity index (χ3n) is 2.87. The van der Waals surface area contributed by atoms with Crippen molar-refractivity contribution < 1.29 is 0 Å². The van der Waals surface area contributed by atoms with Gasteiger partial charge in [0.2, 0.25) is 0 Å². The SMILES string of the molecule is ICCNCCCNCC1CCNCC1. The van der Waals surface area contributed by atoms with E-state index in [1.165, 1.54) is 43.3 Å². The summed E-state index contributed by atoms with van der Waals surface area (Å²) in [5.41, 5.74) is 0. The van der Waals surface area contributed by atoms with E-state index in [4.69, 9.17) is 0 Å². The van der Waals surface area contributed by atoms with E-state index in [1.54, 1.807) is 0 Å². The van der Waals surface area contributed by atoms with Gasteiger partial charge in [-0.15, -0.1) is 0 Å². The van der Waals surface area contributed by atoms with Gasteiger partial charge in [-0.1, -0.05) is 22.6 Å². The minimum Gasteiger partial charge on any atom is -0.317 e. The molecular formula is C11H24IN3. The lowest BCUT2D eigenvalue weighted by atomic mass is 9.98. The predicted molar refractivity (Wildman–Crippen MR) is 74.8 cm³/mol. The molecule has 0 aromatic carbocycles. The molecule has 90 valence electrons. The number of alkyl halides is 1. The first-order valence-corrected chi connectivity index (χ1v) is 7.64. The molecule has 3 N–H and O–H groups in total. The molecule has 1 rings (SSSR count). The highest BCUT2D eigenvalue weighted by molar-refractivity contribution is 14.1. The molecule has 0 aromatic rings. The van der Waals surface area contributed by atoms with Crippen molar-refractivity contribution in [1.29, 1.82) is 0 Å². The van der Waals surface area contributed by atoms with Crippen molar-refractivity contribution in [3.63, 3.8) is 0 Å². The van der Waals surface area contributed by atoms with Gasteiger partial charge in [-0.25, -0.2) is 0 Å². The van der Waals surface area contributed by atoms with Crippen LogP contribution in [0.4, 0.5) is 0 Å². The van der Waals surface area contributed by atoms with Gasteiger partial charge in [-0.3, -0.25) is 0 Å². The number of halogens is 1. The zero-order chi connectivity index (χ0) is 10.8. The fourth-order valence-corrected chi connectivity index (χ4v) is 2.30. The molecule has 3 nitrogen and oxygen atoms in total. The van der Waals surface area contributed by atoms with Crippen LogP contribution in [0.15, 0.2) is 0 Å². The molecule has 0 aliphatic carbocycles. The molecule has 1 aliphatic rings. The second kappa shape index (κ2) is 9.81. The van der Waals surface area contributed by atoms with Crippen LogP contribution in [0, 0.1) is 5.92 Å². The van der Waals surface area contributed by atoms with Gasteiger partial charge in [-0.2, -0.15) is 0 Å². The van der Waals surface area contributed by atoms with Gasteiger partial charge in [0, 0.05) is 11.0 Å². The van der Waals surface area contributed by atoms with Crippen LogP contribution in [-0.4, -0.2) is 43.7 Å². The molecule has 0 saturated carbocycles. The summed E-state index contributed by atoms with van der Waals surface area (Å²) in [6, 6.07) is 0. The van der Waals surface area contributed by atoms with Crippen LogP contribution < -0.4 is 16.0 Å². The predicted octanol–water partition coefficient (Wildman–Crippen LogP) is 0.990. The summed E-state index contributed by atoms with van der Waals surface area (Å²) in [5.74, 6) is 0.911. The molecule has 0 radical (unpaired) electrons. The van der Waals surface area contributed by atoms with Gasteiger partial charge in [0.1, 0.15) is 0 Å². The molecule has 0 atom stereocenters. The third kappa shape index (κ3) is 7.49. The van der Waals surface area contributed by atoms with E-state index >= 15 is 0 Å². The molecule has 4 heteroatoms. The fourth-order valence-electron chi connectivity index (χ4n) is 1.92. The molecule has 0 spiro atoms. The Morgan fingerprint density at radius 2 is 1.80 bits per heavy atom.